The highest BCUT2D eigenvalue weighted by Gasteiger charge is 2.44. The fourth-order valence-corrected chi connectivity index (χ4v) is 4.62. The van der Waals surface area contributed by atoms with Crippen molar-refractivity contribution >= 4 is 23.0 Å². The Balaban J connectivity index is 2.03. The maximum atomic E-state index is 13.5. The molecule has 0 spiro atoms. The third kappa shape index (κ3) is 5.02. The van der Waals surface area contributed by atoms with E-state index in [4.69, 9.17) is 4.74 Å². The molecule has 7 nitrogen and oxygen atoms in total. The Kier molecular flexibility index (Phi) is 7.69. The summed E-state index contributed by atoms with van der Waals surface area (Å²) in [5.41, 5.74) is 1.44. The maximum absolute atomic E-state index is 13.5. The molecule has 1 aliphatic rings. The zero-order valence-corrected chi connectivity index (χ0v) is 20.2. The summed E-state index contributed by atoms with van der Waals surface area (Å²) in [6.07, 6.45) is 1.97. The van der Waals surface area contributed by atoms with Gasteiger partial charge in [-0.25, -0.2) is 4.98 Å². The molecule has 1 N–H and O–H groups in total. The van der Waals surface area contributed by atoms with Gasteiger partial charge in [0.2, 0.25) is 5.78 Å². The molecule has 1 aliphatic heterocycles. The first-order valence-corrected chi connectivity index (χ1v) is 11.7. The Morgan fingerprint density at radius 1 is 1.31 bits per heavy atom. The van der Waals surface area contributed by atoms with Crippen LogP contribution in [0, 0.1) is 13.8 Å². The molecule has 0 aliphatic carbocycles. The van der Waals surface area contributed by atoms with Crippen LogP contribution in [-0.4, -0.2) is 65.4 Å². The Labute approximate surface area is 193 Å². The maximum Gasteiger partial charge on any atom is 0.290 e. The Morgan fingerprint density at radius 2 is 2.06 bits per heavy atom. The number of rotatable bonds is 10. The molecule has 0 bridgehead atoms. The van der Waals surface area contributed by atoms with Crippen molar-refractivity contribution in [3.05, 3.63) is 56.7 Å². The molecule has 32 heavy (non-hydrogen) atoms. The number of nitrogens with zero attached hydrogens (tertiary/aromatic N) is 3. The van der Waals surface area contributed by atoms with Crippen molar-refractivity contribution in [3.8, 4) is 5.75 Å². The molecule has 172 valence electrons. The lowest BCUT2D eigenvalue weighted by Crippen LogP contribution is -2.36. The number of aryl methyl sites for hydroxylation is 2. The van der Waals surface area contributed by atoms with Crippen molar-refractivity contribution in [3.63, 3.8) is 0 Å². The van der Waals surface area contributed by atoms with Crippen LogP contribution < -0.4 is 4.74 Å². The van der Waals surface area contributed by atoms with Gasteiger partial charge in [-0.05, 0) is 52.1 Å². The number of aliphatic hydroxyl groups is 1. The summed E-state index contributed by atoms with van der Waals surface area (Å²) < 4.78 is 5.85. The Bertz CT molecular complexity index is 1030. The molecular formula is C24H31N3O4S. The standard InChI is InChI=1S/C24H31N3O4S/c1-6-7-13-31-18-10-8-9-17(14-18)20-19(21(28)23-15(2)25-16(3)32-23)22(29)24(30)27(20)12-11-26(4)5/h8-10,14,20,29H,6-7,11-13H2,1-5H3. The fourth-order valence-electron chi connectivity index (χ4n) is 3.74. The molecular weight excluding hydrogens is 426 g/mol. The number of amides is 1. The molecule has 0 saturated carbocycles. The second-order valence-electron chi connectivity index (χ2n) is 8.22. The zero-order chi connectivity index (χ0) is 23.4. The lowest BCUT2D eigenvalue weighted by molar-refractivity contribution is -0.129. The van der Waals surface area contributed by atoms with Crippen molar-refractivity contribution < 1.29 is 19.4 Å². The smallest absolute Gasteiger partial charge is 0.290 e. The lowest BCUT2D eigenvalue weighted by atomic mass is 9.95. The topological polar surface area (TPSA) is 83.0 Å². The van der Waals surface area contributed by atoms with E-state index in [1.165, 1.54) is 11.3 Å². The van der Waals surface area contributed by atoms with Crippen LogP contribution in [0.4, 0.5) is 0 Å². The van der Waals surface area contributed by atoms with Crippen LogP contribution in [0.2, 0.25) is 0 Å². The van der Waals surface area contributed by atoms with Crippen LogP contribution in [0.5, 0.6) is 5.75 Å². The van der Waals surface area contributed by atoms with Crippen molar-refractivity contribution in [2.75, 3.05) is 33.8 Å². The van der Waals surface area contributed by atoms with Crippen LogP contribution in [0.1, 0.15) is 51.7 Å². The summed E-state index contributed by atoms with van der Waals surface area (Å²) in [6.45, 7) is 7.27. The SMILES string of the molecule is CCCCOc1cccc(C2C(C(=O)c3sc(C)nc3C)=C(O)C(=O)N2CCN(C)C)c1. The van der Waals surface area contributed by atoms with E-state index in [-0.39, 0.29) is 11.4 Å². The Hall–Kier alpha value is -2.71. The van der Waals surface area contributed by atoms with Gasteiger partial charge in [0, 0.05) is 13.1 Å². The molecule has 0 fully saturated rings. The number of carbonyl (C=O) groups is 2. The molecule has 1 unspecified atom stereocenters. The number of carbonyl (C=O) groups excluding carboxylic acids is 2. The monoisotopic (exact) mass is 457 g/mol. The second kappa shape index (κ2) is 10.3. The summed E-state index contributed by atoms with van der Waals surface area (Å²) in [6, 6.07) is 6.75. The largest absolute Gasteiger partial charge is 0.503 e. The number of hydrogen-bond acceptors (Lipinski definition) is 7. The number of thiazole rings is 1. The minimum Gasteiger partial charge on any atom is -0.503 e. The number of aromatic nitrogens is 1. The second-order valence-corrected chi connectivity index (χ2v) is 9.42. The first-order valence-electron chi connectivity index (χ1n) is 10.8. The molecule has 0 radical (unpaired) electrons. The highest BCUT2D eigenvalue weighted by molar-refractivity contribution is 7.14. The average Bonchev–Trinajstić information content (AvgIpc) is 3.22. The number of Topliss-reactive ketones (excluding diaryl/α,β-unsaturated/α-hetero) is 1. The van der Waals surface area contributed by atoms with Crippen LogP contribution >= 0.6 is 11.3 Å². The summed E-state index contributed by atoms with van der Waals surface area (Å²) in [4.78, 5) is 34.9. The molecule has 2 aromatic rings. The molecule has 1 atom stereocenters. The molecule has 1 aromatic carbocycles. The normalized spacial score (nSPS) is 16.4. The van der Waals surface area contributed by atoms with Crippen molar-refractivity contribution in [1.82, 2.24) is 14.8 Å². The quantitative estimate of drug-likeness (QED) is 0.428. The fraction of sp³-hybridized carbons (Fsp3) is 0.458. The third-order valence-electron chi connectivity index (χ3n) is 5.39. The number of unbranched alkanes of at least 4 members (excludes halogenated alkanes) is 1. The Morgan fingerprint density at radius 3 is 2.69 bits per heavy atom. The summed E-state index contributed by atoms with van der Waals surface area (Å²) in [7, 11) is 3.83. The lowest BCUT2D eigenvalue weighted by Gasteiger charge is -2.28. The van der Waals surface area contributed by atoms with Gasteiger partial charge in [0.1, 0.15) is 5.75 Å². The van der Waals surface area contributed by atoms with Gasteiger partial charge in [0.05, 0.1) is 33.8 Å². The molecule has 1 aromatic heterocycles. The highest BCUT2D eigenvalue weighted by Crippen LogP contribution is 2.40. The van der Waals surface area contributed by atoms with Gasteiger partial charge in [-0.15, -0.1) is 11.3 Å². The molecule has 8 heteroatoms. The molecule has 1 amide bonds. The van der Waals surface area contributed by atoms with Crippen LogP contribution in [-0.2, 0) is 4.79 Å². The van der Waals surface area contributed by atoms with Crippen LogP contribution in [0.15, 0.2) is 35.6 Å². The average molecular weight is 458 g/mol. The molecule has 3 rings (SSSR count). The number of aliphatic hydroxyl groups excluding tert-OH is 1. The highest BCUT2D eigenvalue weighted by atomic mass is 32.1. The van der Waals surface area contributed by atoms with Crippen molar-refractivity contribution in [1.29, 1.82) is 0 Å². The van der Waals surface area contributed by atoms with E-state index in [1.807, 2.05) is 50.2 Å². The first kappa shape index (κ1) is 23.9. The summed E-state index contributed by atoms with van der Waals surface area (Å²) in [5.74, 6) is -0.689. The van der Waals surface area contributed by atoms with Crippen LogP contribution in [0.3, 0.4) is 0 Å². The number of benzene rings is 1. The van der Waals surface area contributed by atoms with E-state index in [0.29, 0.717) is 36.0 Å². The van der Waals surface area contributed by atoms with Gasteiger partial charge in [-0.2, -0.15) is 0 Å². The predicted molar refractivity (Wildman–Crippen MR) is 125 cm³/mol. The van der Waals surface area contributed by atoms with Gasteiger partial charge >= 0.3 is 0 Å². The molecule has 2 heterocycles. The minimum absolute atomic E-state index is 0.103. The van der Waals surface area contributed by atoms with Gasteiger partial charge < -0.3 is 19.6 Å². The van der Waals surface area contributed by atoms with E-state index >= 15 is 0 Å². The zero-order valence-electron chi connectivity index (χ0n) is 19.3. The van der Waals surface area contributed by atoms with Gasteiger partial charge in [-0.1, -0.05) is 25.5 Å². The predicted octanol–water partition coefficient (Wildman–Crippen LogP) is 4.08. The summed E-state index contributed by atoms with van der Waals surface area (Å²) >= 11 is 1.28. The van der Waals surface area contributed by atoms with Gasteiger partial charge in [-0.3, -0.25) is 9.59 Å². The van der Waals surface area contributed by atoms with Crippen LogP contribution in [0.25, 0.3) is 0 Å². The van der Waals surface area contributed by atoms with E-state index in [1.54, 1.807) is 11.8 Å². The first-order chi connectivity index (χ1) is 15.2. The third-order valence-corrected chi connectivity index (χ3v) is 6.46. The van der Waals surface area contributed by atoms with E-state index in [0.717, 1.165) is 23.4 Å². The van der Waals surface area contributed by atoms with Gasteiger partial charge in [0.25, 0.3) is 5.91 Å². The van der Waals surface area contributed by atoms with Crippen molar-refractivity contribution in [2.45, 2.75) is 39.7 Å². The van der Waals surface area contributed by atoms with E-state index in [2.05, 4.69) is 11.9 Å². The summed E-state index contributed by atoms with van der Waals surface area (Å²) in [5, 5.41) is 11.6. The van der Waals surface area contributed by atoms with E-state index < -0.39 is 17.7 Å². The van der Waals surface area contributed by atoms with Crippen molar-refractivity contribution in [2.24, 2.45) is 0 Å². The van der Waals surface area contributed by atoms with E-state index in [9.17, 15) is 14.7 Å². The number of likely N-dealkylation sites (N-methyl/N-ethyl adjacent to an activating group) is 1. The molecule has 0 saturated heterocycles. The number of ether oxygens (including phenoxy) is 1. The minimum atomic E-state index is -0.688. The number of hydrogen-bond donors (Lipinski definition) is 1. The number of ketones is 1. The van der Waals surface area contributed by atoms with Gasteiger partial charge in [0.15, 0.2) is 5.76 Å².